The fraction of sp³-hybridized carbons (Fsp3) is 0.952. The predicted octanol–water partition coefficient (Wildman–Crippen LogP) is 1.84. The molecule has 0 radical (unpaired) electrons. The molecule has 3 rings (SSSR count). The molecule has 0 aromatic carbocycles. The Kier molecular flexibility index (Phi) is 8.37. The fourth-order valence-corrected chi connectivity index (χ4v) is 4.91. The third-order valence-electron chi connectivity index (χ3n) is 6.70. The third kappa shape index (κ3) is 6.41. The van der Waals surface area contributed by atoms with Crippen molar-refractivity contribution in [2.75, 3.05) is 66.1 Å². The van der Waals surface area contributed by atoms with E-state index in [9.17, 15) is 4.79 Å². The van der Waals surface area contributed by atoms with Crippen molar-refractivity contribution in [3.8, 4) is 0 Å². The first kappa shape index (κ1) is 21.0. The van der Waals surface area contributed by atoms with Crippen LogP contribution in [0.15, 0.2) is 0 Å². The second-order valence-electron chi connectivity index (χ2n) is 8.60. The van der Waals surface area contributed by atoms with Crippen LogP contribution in [0.2, 0.25) is 0 Å². The normalized spacial score (nSPS) is 26.2. The van der Waals surface area contributed by atoms with Gasteiger partial charge in [-0.15, -0.1) is 0 Å². The Morgan fingerprint density at radius 1 is 1.07 bits per heavy atom. The molecule has 27 heavy (non-hydrogen) atoms. The Morgan fingerprint density at radius 3 is 2.41 bits per heavy atom. The highest BCUT2D eigenvalue weighted by molar-refractivity contribution is 5.73. The number of carbonyl (C=O) groups excluding carboxylic acids is 1. The van der Waals surface area contributed by atoms with Gasteiger partial charge in [0.2, 0.25) is 5.91 Å². The molecule has 0 N–H and O–H groups in total. The molecule has 156 valence electrons. The van der Waals surface area contributed by atoms with E-state index in [1.54, 1.807) is 14.0 Å². The average Bonchev–Trinajstić information content (AvgIpc) is 3.20. The van der Waals surface area contributed by atoms with Gasteiger partial charge in [0, 0.05) is 59.4 Å². The molecule has 3 saturated heterocycles. The summed E-state index contributed by atoms with van der Waals surface area (Å²) >= 11 is 0. The number of nitrogens with zero attached hydrogens (tertiary/aromatic N) is 3. The van der Waals surface area contributed by atoms with Crippen LogP contribution in [0, 0.1) is 5.92 Å². The number of amides is 1. The molecular weight excluding hydrogens is 342 g/mol. The first-order valence-electron chi connectivity index (χ1n) is 11.0. The fourth-order valence-electron chi connectivity index (χ4n) is 4.91. The minimum atomic E-state index is 0.225. The highest BCUT2D eigenvalue weighted by Crippen LogP contribution is 2.25. The monoisotopic (exact) mass is 381 g/mol. The zero-order valence-electron chi connectivity index (χ0n) is 17.4. The Morgan fingerprint density at radius 2 is 1.81 bits per heavy atom. The molecule has 0 spiro atoms. The van der Waals surface area contributed by atoms with Crippen molar-refractivity contribution < 1.29 is 14.3 Å². The quantitative estimate of drug-likeness (QED) is 0.642. The first-order valence-corrected chi connectivity index (χ1v) is 11.0. The van der Waals surface area contributed by atoms with Crippen molar-refractivity contribution in [2.24, 2.45) is 5.92 Å². The molecule has 1 atom stereocenters. The van der Waals surface area contributed by atoms with Crippen molar-refractivity contribution in [1.82, 2.24) is 14.7 Å². The lowest BCUT2D eigenvalue weighted by Gasteiger charge is -2.42. The van der Waals surface area contributed by atoms with E-state index in [-0.39, 0.29) is 5.91 Å². The van der Waals surface area contributed by atoms with E-state index >= 15 is 0 Å². The highest BCUT2D eigenvalue weighted by atomic mass is 16.5. The van der Waals surface area contributed by atoms with Crippen LogP contribution in [0.1, 0.15) is 45.4 Å². The van der Waals surface area contributed by atoms with Crippen molar-refractivity contribution in [2.45, 2.75) is 57.6 Å². The second-order valence-corrected chi connectivity index (χ2v) is 8.60. The van der Waals surface area contributed by atoms with Crippen LogP contribution in [0.5, 0.6) is 0 Å². The summed E-state index contributed by atoms with van der Waals surface area (Å²) in [5.74, 6) is 1.01. The molecule has 0 unspecified atom stereocenters. The van der Waals surface area contributed by atoms with Crippen molar-refractivity contribution in [3.05, 3.63) is 0 Å². The van der Waals surface area contributed by atoms with Gasteiger partial charge in [-0.05, 0) is 57.5 Å². The minimum absolute atomic E-state index is 0.225. The second kappa shape index (κ2) is 10.7. The zero-order chi connectivity index (χ0) is 19.1. The largest absolute Gasteiger partial charge is 0.383 e. The van der Waals surface area contributed by atoms with E-state index in [1.807, 2.05) is 4.90 Å². The number of likely N-dealkylation sites (tertiary alicyclic amines) is 2. The lowest BCUT2D eigenvalue weighted by Crippen LogP contribution is -2.50. The van der Waals surface area contributed by atoms with E-state index < -0.39 is 0 Å². The minimum Gasteiger partial charge on any atom is -0.383 e. The van der Waals surface area contributed by atoms with E-state index in [1.165, 1.54) is 45.3 Å². The summed E-state index contributed by atoms with van der Waals surface area (Å²) in [6, 6.07) is 0.608. The van der Waals surface area contributed by atoms with Gasteiger partial charge in [0.15, 0.2) is 0 Å². The summed E-state index contributed by atoms with van der Waals surface area (Å²) < 4.78 is 11.2. The molecule has 0 saturated carbocycles. The summed E-state index contributed by atoms with van der Waals surface area (Å²) in [5.41, 5.74) is 0. The van der Waals surface area contributed by atoms with E-state index in [0.717, 1.165) is 58.2 Å². The number of rotatable bonds is 8. The number of methoxy groups -OCH3 is 1. The Hall–Kier alpha value is -0.690. The average molecular weight is 382 g/mol. The topological polar surface area (TPSA) is 45.2 Å². The van der Waals surface area contributed by atoms with Crippen LogP contribution < -0.4 is 0 Å². The molecule has 0 bridgehead atoms. The number of carbonyl (C=O) groups is 1. The molecular formula is C21H39N3O3. The number of hydrogen-bond donors (Lipinski definition) is 0. The number of piperidine rings is 2. The smallest absolute Gasteiger partial charge is 0.219 e. The summed E-state index contributed by atoms with van der Waals surface area (Å²) in [5, 5.41) is 0. The van der Waals surface area contributed by atoms with Crippen LogP contribution >= 0.6 is 0 Å². The van der Waals surface area contributed by atoms with Crippen LogP contribution in [0.3, 0.4) is 0 Å². The van der Waals surface area contributed by atoms with Crippen LogP contribution in [0.4, 0.5) is 0 Å². The predicted molar refractivity (Wildman–Crippen MR) is 107 cm³/mol. The summed E-state index contributed by atoms with van der Waals surface area (Å²) in [7, 11) is 1.78. The van der Waals surface area contributed by atoms with Gasteiger partial charge in [-0.3, -0.25) is 9.69 Å². The third-order valence-corrected chi connectivity index (χ3v) is 6.70. The summed E-state index contributed by atoms with van der Waals surface area (Å²) in [6.45, 7) is 11.0. The van der Waals surface area contributed by atoms with Crippen LogP contribution in [-0.4, -0.2) is 98.9 Å². The molecule has 0 aliphatic carbocycles. The van der Waals surface area contributed by atoms with Crippen molar-refractivity contribution >= 4 is 5.91 Å². The van der Waals surface area contributed by atoms with Crippen molar-refractivity contribution in [3.63, 3.8) is 0 Å². The maximum Gasteiger partial charge on any atom is 0.219 e. The lowest BCUT2D eigenvalue weighted by atomic mass is 9.93. The molecule has 3 fully saturated rings. The summed E-state index contributed by atoms with van der Waals surface area (Å²) in [4.78, 5) is 18.9. The SMILES string of the molecule is COCCN1CCC(CN(C[C@@H]2CCCO2)C2CCN(C(C)=O)CC2)CC1. The molecule has 3 heterocycles. The van der Waals surface area contributed by atoms with Gasteiger partial charge in [-0.1, -0.05) is 0 Å². The Balaban J connectivity index is 1.50. The van der Waals surface area contributed by atoms with Gasteiger partial charge in [0.1, 0.15) is 0 Å². The molecule has 0 aromatic heterocycles. The molecule has 6 heteroatoms. The van der Waals surface area contributed by atoms with E-state index in [4.69, 9.17) is 9.47 Å². The number of hydrogen-bond acceptors (Lipinski definition) is 5. The van der Waals surface area contributed by atoms with Crippen LogP contribution in [0.25, 0.3) is 0 Å². The first-order chi connectivity index (χ1) is 13.2. The standard InChI is InChI=1S/C21H39N3O3/c1-18(25)23-11-7-20(8-12-23)24(17-21-4-3-14-27-21)16-19-5-9-22(10-6-19)13-15-26-2/h19-21H,3-17H2,1-2H3/t21-/m0/s1. The maximum absolute atomic E-state index is 11.7. The molecule has 1 amide bonds. The van der Waals surface area contributed by atoms with Gasteiger partial charge in [0.25, 0.3) is 0 Å². The van der Waals surface area contributed by atoms with E-state index in [2.05, 4.69) is 9.80 Å². The van der Waals surface area contributed by atoms with Gasteiger partial charge in [-0.25, -0.2) is 0 Å². The molecule has 3 aliphatic heterocycles. The van der Waals surface area contributed by atoms with Gasteiger partial charge in [-0.2, -0.15) is 0 Å². The highest BCUT2D eigenvalue weighted by Gasteiger charge is 2.31. The number of ether oxygens (including phenoxy) is 2. The lowest BCUT2D eigenvalue weighted by molar-refractivity contribution is -0.130. The molecule has 3 aliphatic rings. The van der Waals surface area contributed by atoms with Gasteiger partial charge >= 0.3 is 0 Å². The zero-order valence-corrected chi connectivity index (χ0v) is 17.4. The van der Waals surface area contributed by atoms with E-state index in [0.29, 0.717) is 12.1 Å². The van der Waals surface area contributed by atoms with Gasteiger partial charge < -0.3 is 19.3 Å². The maximum atomic E-state index is 11.7. The Bertz CT molecular complexity index is 440. The van der Waals surface area contributed by atoms with Crippen molar-refractivity contribution in [1.29, 1.82) is 0 Å². The molecule has 6 nitrogen and oxygen atoms in total. The Labute approximate surface area is 165 Å². The molecule has 0 aromatic rings. The van der Waals surface area contributed by atoms with Gasteiger partial charge in [0.05, 0.1) is 12.7 Å². The van der Waals surface area contributed by atoms with Crippen LogP contribution in [-0.2, 0) is 14.3 Å². The summed E-state index contributed by atoms with van der Waals surface area (Å²) in [6.07, 6.45) is 7.63.